The van der Waals surface area contributed by atoms with Crippen LogP contribution in [0.5, 0.6) is 17.2 Å². The number of rotatable bonds is 9. The normalized spacial score (nSPS) is 14.4. The first-order chi connectivity index (χ1) is 16.2. The molecule has 1 heterocycles. The van der Waals surface area contributed by atoms with Crippen LogP contribution in [0.1, 0.15) is 28.8 Å². The summed E-state index contributed by atoms with van der Waals surface area (Å²) < 4.78 is 10.9. The predicted octanol–water partition coefficient (Wildman–Crippen LogP) is 3.73. The van der Waals surface area contributed by atoms with E-state index < -0.39 is 5.97 Å². The first-order valence-electron chi connectivity index (χ1n) is 10.1. The maximum atomic E-state index is 12.8. The van der Waals surface area contributed by atoms with Crippen LogP contribution in [0.15, 0.2) is 41.3 Å². The third-order valence-corrected chi connectivity index (χ3v) is 6.25. The third kappa shape index (κ3) is 5.86. The van der Waals surface area contributed by atoms with Gasteiger partial charge in [-0.15, -0.1) is 0 Å². The number of hydrogen-bond acceptors (Lipinski definition) is 8. The van der Waals surface area contributed by atoms with Gasteiger partial charge in [0.1, 0.15) is 15.6 Å². The largest absolute Gasteiger partial charge is 0.507 e. The summed E-state index contributed by atoms with van der Waals surface area (Å²) in [5, 5.41) is 21.2. The van der Waals surface area contributed by atoms with Crippen molar-refractivity contribution in [2.24, 2.45) is 0 Å². The standard InChI is InChI=1S/C23H22N2O7S2/c1-31-17-8-5-13(10-18(17)32-2)11-19-21(28)25(23(33)34-19)9-3-4-20(27)24-14-6-7-16(26)15(12-14)22(29)30/h5-8,10-12,26H,3-4,9H2,1-2H3,(H,24,27)(H,29,30). The number of carboxylic acids is 1. The zero-order valence-corrected chi connectivity index (χ0v) is 20.0. The van der Waals surface area contributed by atoms with Gasteiger partial charge in [-0.2, -0.15) is 0 Å². The number of carbonyl (C=O) groups excluding carboxylic acids is 2. The Hall–Kier alpha value is -3.57. The number of thioether (sulfide) groups is 1. The fourth-order valence-electron chi connectivity index (χ4n) is 3.19. The Balaban J connectivity index is 1.58. The van der Waals surface area contributed by atoms with E-state index in [-0.39, 0.29) is 41.8 Å². The molecule has 0 saturated carbocycles. The molecule has 0 bridgehead atoms. The van der Waals surface area contributed by atoms with Crippen LogP contribution in [0.4, 0.5) is 5.69 Å². The van der Waals surface area contributed by atoms with E-state index in [2.05, 4.69) is 5.32 Å². The molecule has 3 rings (SSSR count). The summed E-state index contributed by atoms with van der Waals surface area (Å²) in [5.41, 5.74) is 0.701. The molecule has 0 aliphatic carbocycles. The Morgan fingerprint density at radius 2 is 1.88 bits per heavy atom. The minimum atomic E-state index is -1.30. The topological polar surface area (TPSA) is 125 Å². The Morgan fingerprint density at radius 3 is 2.56 bits per heavy atom. The number of hydrogen-bond donors (Lipinski definition) is 3. The molecule has 1 aliphatic rings. The highest BCUT2D eigenvalue weighted by Gasteiger charge is 2.31. The number of carbonyl (C=O) groups is 3. The molecule has 0 spiro atoms. The number of ether oxygens (including phenoxy) is 2. The molecule has 0 aromatic heterocycles. The lowest BCUT2D eigenvalue weighted by molar-refractivity contribution is -0.122. The van der Waals surface area contributed by atoms with E-state index in [0.717, 1.165) is 5.56 Å². The Labute approximate surface area is 205 Å². The Bertz CT molecular complexity index is 1180. The van der Waals surface area contributed by atoms with Crippen LogP contribution < -0.4 is 14.8 Å². The minimum absolute atomic E-state index is 0.0923. The lowest BCUT2D eigenvalue weighted by atomic mass is 10.1. The van der Waals surface area contributed by atoms with Crippen LogP contribution >= 0.6 is 24.0 Å². The number of nitrogens with one attached hydrogen (secondary N) is 1. The number of benzene rings is 2. The van der Waals surface area contributed by atoms with Crippen molar-refractivity contribution in [3.05, 3.63) is 52.4 Å². The van der Waals surface area contributed by atoms with Gasteiger partial charge in [0.25, 0.3) is 5.91 Å². The van der Waals surface area contributed by atoms with Gasteiger partial charge in [0.05, 0.1) is 19.1 Å². The number of carboxylic acid groups (broad SMARTS) is 1. The molecule has 34 heavy (non-hydrogen) atoms. The van der Waals surface area contributed by atoms with Gasteiger partial charge in [-0.3, -0.25) is 14.5 Å². The number of anilines is 1. The van der Waals surface area contributed by atoms with Crippen LogP contribution in [-0.4, -0.2) is 58.0 Å². The van der Waals surface area contributed by atoms with Gasteiger partial charge in [0.15, 0.2) is 11.5 Å². The zero-order chi connectivity index (χ0) is 24.8. The zero-order valence-electron chi connectivity index (χ0n) is 18.4. The quantitative estimate of drug-likeness (QED) is 0.267. The molecule has 2 aromatic rings. The molecule has 0 radical (unpaired) electrons. The van der Waals surface area contributed by atoms with Crippen molar-refractivity contribution < 1.29 is 34.1 Å². The van der Waals surface area contributed by atoms with Crippen LogP contribution in [-0.2, 0) is 9.59 Å². The smallest absolute Gasteiger partial charge is 0.339 e. The second-order valence-electron chi connectivity index (χ2n) is 7.14. The van der Waals surface area contributed by atoms with E-state index in [4.69, 9.17) is 26.8 Å². The number of nitrogens with zero attached hydrogens (tertiary/aromatic N) is 1. The molecule has 1 fully saturated rings. The van der Waals surface area contributed by atoms with Gasteiger partial charge >= 0.3 is 5.97 Å². The molecule has 1 aliphatic heterocycles. The van der Waals surface area contributed by atoms with E-state index in [1.165, 1.54) is 42.0 Å². The summed E-state index contributed by atoms with van der Waals surface area (Å²) in [6.07, 6.45) is 2.17. The average molecular weight is 503 g/mol. The molecule has 11 heteroatoms. The first kappa shape index (κ1) is 25.1. The summed E-state index contributed by atoms with van der Waals surface area (Å²) in [4.78, 5) is 38.1. The summed E-state index contributed by atoms with van der Waals surface area (Å²) in [6.45, 7) is 0.261. The summed E-state index contributed by atoms with van der Waals surface area (Å²) >= 11 is 6.52. The fraction of sp³-hybridized carbons (Fsp3) is 0.217. The number of aromatic hydroxyl groups is 1. The molecule has 9 nitrogen and oxygen atoms in total. The highest BCUT2D eigenvalue weighted by molar-refractivity contribution is 8.26. The average Bonchev–Trinajstić information content (AvgIpc) is 3.07. The lowest BCUT2D eigenvalue weighted by Crippen LogP contribution is -2.29. The highest BCUT2D eigenvalue weighted by Crippen LogP contribution is 2.34. The molecule has 0 atom stereocenters. The van der Waals surface area contributed by atoms with E-state index in [0.29, 0.717) is 27.1 Å². The first-order valence-corrected chi connectivity index (χ1v) is 11.3. The Kier molecular flexibility index (Phi) is 8.13. The van der Waals surface area contributed by atoms with Gasteiger partial charge in [-0.1, -0.05) is 30.0 Å². The number of aromatic carboxylic acids is 1. The molecule has 178 valence electrons. The van der Waals surface area contributed by atoms with Gasteiger partial charge in [0, 0.05) is 18.7 Å². The second kappa shape index (κ2) is 11.0. The van der Waals surface area contributed by atoms with E-state index in [1.54, 1.807) is 31.4 Å². The molecular weight excluding hydrogens is 480 g/mol. The molecule has 1 saturated heterocycles. The number of phenols is 1. The summed E-state index contributed by atoms with van der Waals surface area (Å²) in [5.74, 6) is -1.16. The second-order valence-corrected chi connectivity index (χ2v) is 8.81. The molecule has 0 unspecified atom stereocenters. The van der Waals surface area contributed by atoms with Crippen LogP contribution in [0, 0.1) is 0 Å². The summed E-state index contributed by atoms with van der Waals surface area (Å²) in [7, 11) is 3.07. The molecular formula is C23H22N2O7S2. The van der Waals surface area contributed by atoms with E-state index >= 15 is 0 Å². The van der Waals surface area contributed by atoms with Crippen molar-refractivity contribution in [3.8, 4) is 17.2 Å². The monoisotopic (exact) mass is 502 g/mol. The predicted molar refractivity (Wildman–Crippen MR) is 132 cm³/mol. The molecule has 2 aromatic carbocycles. The maximum Gasteiger partial charge on any atom is 0.339 e. The fourth-order valence-corrected chi connectivity index (χ4v) is 4.50. The van der Waals surface area contributed by atoms with Crippen LogP contribution in [0.2, 0.25) is 0 Å². The lowest BCUT2D eigenvalue weighted by Gasteiger charge is -2.14. The SMILES string of the molecule is COc1ccc(C=C2SC(=S)N(CCCC(=O)Nc3ccc(O)c(C(=O)O)c3)C2=O)cc1OC. The Morgan fingerprint density at radius 1 is 1.15 bits per heavy atom. The van der Waals surface area contributed by atoms with Gasteiger partial charge in [-0.05, 0) is 48.4 Å². The van der Waals surface area contributed by atoms with Crippen molar-refractivity contribution in [2.45, 2.75) is 12.8 Å². The van der Waals surface area contributed by atoms with E-state index in [1.807, 2.05) is 0 Å². The van der Waals surface area contributed by atoms with Gasteiger partial charge in [0.2, 0.25) is 5.91 Å². The number of methoxy groups -OCH3 is 2. The molecule has 2 amide bonds. The minimum Gasteiger partial charge on any atom is -0.507 e. The van der Waals surface area contributed by atoms with Crippen molar-refractivity contribution in [1.82, 2.24) is 4.90 Å². The highest BCUT2D eigenvalue weighted by atomic mass is 32.2. The van der Waals surface area contributed by atoms with Crippen molar-refractivity contribution in [2.75, 3.05) is 26.1 Å². The van der Waals surface area contributed by atoms with Crippen LogP contribution in [0.3, 0.4) is 0 Å². The van der Waals surface area contributed by atoms with Crippen LogP contribution in [0.25, 0.3) is 6.08 Å². The third-order valence-electron chi connectivity index (χ3n) is 4.88. The summed E-state index contributed by atoms with van der Waals surface area (Å²) in [6, 6.07) is 9.09. The number of thiocarbonyl (C=S) groups is 1. The van der Waals surface area contributed by atoms with Gasteiger partial charge in [-0.25, -0.2) is 4.79 Å². The van der Waals surface area contributed by atoms with Crippen molar-refractivity contribution in [1.29, 1.82) is 0 Å². The molecule has 3 N–H and O–H groups in total. The van der Waals surface area contributed by atoms with E-state index in [9.17, 15) is 19.5 Å². The number of amides is 2. The van der Waals surface area contributed by atoms with Crippen molar-refractivity contribution >= 4 is 57.8 Å². The van der Waals surface area contributed by atoms with Crippen molar-refractivity contribution in [3.63, 3.8) is 0 Å². The van der Waals surface area contributed by atoms with Gasteiger partial charge < -0.3 is 25.0 Å². The maximum absolute atomic E-state index is 12.8.